The van der Waals surface area contributed by atoms with Gasteiger partial charge in [0.25, 0.3) is 0 Å². The molecule has 19 N–H and O–H groups in total. The molecule has 0 unspecified atom stereocenters. The summed E-state index contributed by atoms with van der Waals surface area (Å²) >= 11 is 0. The molecular formula is C99H150N20O17. The number of aromatic nitrogens is 5. The van der Waals surface area contributed by atoms with Crippen LogP contribution in [0.15, 0.2) is 110 Å². The van der Waals surface area contributed by atoms with Gasteiger partial charge < -0.3 is 95.4 Å². The first-order chi connectivity index (χ1) is 65.5. The number of aromatic amines is 1. The van der Waals surface area contributed by atoms with Crippen molar-refractivity contribution in [3.05, 3.63) is 138 Å². The van der Waals surface area contributed by atoms with Crippen molar-refractivity contribution < 1.29 is 82.1 Å². The molecule has 136 heavy (non-hydrogen) atoms. The number of carbonyl (C=O) groups is 15. The van der Waals surface area contributed by atoms with E-state index < -0.39 is 168 Å². The maximum Gasteiger partial charge on any atom is 0.303 e. The van der Waals surface area contributed by atoms with Gasteiger partial charge in [0.15, 0.2) is 0 Å². The number of carboxylic acid groups (broad SMARTS) is 1. The molecule has 0 aliphatic carbocycles. The summed E-state index contributed by atoms with van der Waals surface area (Å²) in [6, 6.07) is 11.4. The van der Waals surface area contributed by atoms with Crippen molar-refractivity contribution in [2.75, 3.05) is 26.2 Å². The van der Waals surface area contributed by atoms with E-state index in [1.807, 2.05) is 12.1 Å². The number of nitrogens with one attached hydrogen (secondary N) is 13. The molecule has 0 spiro atoms. The van der Waals surface area contributed by atoms with Crippen molar-refractivity contribution in [2.45, 2.75) is 351 Å². The number of amides is 14. The van der Waals surface area contributed by atoms with Crippen LogP contribution in [0.4, 0.5) is 0 Å². The summed E-state index contributed by atoms with van der Waals surface area (Å²) in [5, 5.41) is 62.9. The Kier molecular flexibility index (Phi) is 49.9. The molecule has 37 nitrogen and oxygen atoms in total. The molecule has 13 atom stereocenters. The van der Waals surface area contributed by atoms with Crippen LogP contribution in [0.5, 0.6) is 0 Å². The molecule has 2 aromatic heterocycles. The zero-order valence-electron chi connectivity index (χ0n) is 80.2. The number of benzene rings is 3. The SMILES string of the molecule is CCCCCCCCCCCCCCCC(=O)NCCCCCC(=O)NCCCC[C@H](NC(=O)C[C@H](Cc1ccccc1)NC(=O)[C@@H]1CCn2nncc2C[C@H](NC(=O)[C@@H]2CCCN2C(=O)[C@@H](NC(=O)[C@H](Cc2cnc[nH]2)NC(=O)[C@@H](NC(=O)[C@H](CCC(=O)O)NC(=O)CC(C)C)[C@@H](C)O)C(c2ccccc2)c2ccccc2)C(=O)N[C@@H]([C@@H](C)CC)C(=O)N1)C(=O)N[C@H](CCCCN)C(N)=O. The number of imidazole rings is 1. The monoisotopic (exact) mass is 1890 g/mol. The summed E-state index contributed by atoms with van der Waals surface area (Å²) in [5.74, 6) is -12.7. The van der Waals surface area contributed by atoms with Crippen LogP contribution in [0.1, 0.15) is 281 Å². The number of nitrogens with two attached hydrogens (primary N) is 2. The van der Waals surface area contributed by atoms with Gasteiger partial charge in [0.1, 0.15) is 60.4 Å². The first-order valence-corrected chi connectivity index (χ1v) is 49.2. The summed E-state index contributed by atoms with van der Waals surface area (Å²) in [5.41, 5.74) is 14.0. The number of H-pyrrole nitrogens is 1. The minimum absolute atomic E-state index is 0.0129. The van der Waals surface area contributed by atoms with E-state index in [4.69, 9.17) is 11.5 Å². The van der Waals surface area contributed by atoms with Gasteiger partial charge in [0, 0.05) is 95.0 Å². The third-order valence-corrected chi connectivity index (χ3v) is 24.9. The number of rotatable bonds is 62. The zero-order valence-corrected chi connectivity index (χ0v) is 80.2. The van der Waals surface area contributed by atoms with Crippen molar-refractivity contribution in [2.24, 2.45) is 23.3 Å². The second-order valence-electron chi connectivity index (χ2n) is 36.6. The molecule has 37 heteroatoms. The molecule has 7 rings (SSSR count). The zero-order chi connectivity index (χ0) is 98.7. The van der Waals surface area contributed by atoms with E-state index in [0.717, 1.165) is 37.7 Å². The lowest BCUT2D eigenvalue weighted by molar-refractivity contribution is -0.143. The molecule has 4 heterocycles. The molecule has 0 saturated carbocycles. The number of unbranched alkanes of at least 4 members (excludes halogenated alkanes) is 16. The minimum Gasteiger partial charge on any atom is -0.481 e. The van der Waals surface area contributed by atoms with Gasteiger partial charge in [0.2, 0.25) is 82.7 Å². The molecule has 5 aromatic rings. The second kappa shape index (κ2) is 61.2. The Bertz CT molecular complexity index is 4500. The van der Waals surface area contributed by atoms with Gasteiger partial charge in [-0.05, 0) is 132 Å². The fourth-order valence-electron chi connectivity index (χ4n) is 17.0. The number of primary amides is 1. The van der Waals surface area contributed by atoms with E-state index >= 15 is 28.8 Å². The molecule has 2 aliphatic rings. The smallest absolute Gasteiger partial charge is 0.303 e. The average Bonchev–Trinajstić information content (AvgIpc) is 1.34. The fourth-order valence-corrected chi connectivity index (χ4v) is 17.0. The Hall–Kier alpha value is -12.0. The quantitative estimate of drug-likeness (QED) is 0.0202. The van der Waals surface area contributed by atoms with Crippen LogP contribution in [0.25, 0.3) is 0 Å². The van der Waals surface area contributed by atoms with Gasteiger partial charge in [-0.25, -0.2) is 9.67 Å². The maximum absolute atomic E-state index is 16.1. The number of aliphatic hydroxyl groups excluding tert-OH is 1. The van der Waals surface area contributed by atoms with E-state index in [0.29, 0.717) is 80.6 Å². The second-order valence-corrected chi connectivity index (χ2v) is 36.6. The number of fused-ring (bicyclic) bond motifs is 1. The summed E-state index contributed by atoms with van der Waals surface area (Å²) < 4.78 is 1.42. The highest BCUT2D eigenvalue weighted by Crippen LogP contribution is 2.32. The standard InChI is InChI=1S/C99H150N20O17/c1-7-9-10-11-12-13-14-15-16-17-18-19-30-47-81(121)103-53-35-23-31-48-82(122)104-54-36-33-45-75(92(129)110-74(90(101)127)44-32-34-52-100)108-84(124)60-71(58-68-38-24-20-25-39-68)107-91(128)77-51-56-119-73(63-106-117-119)61-79(95(132)114-87(66(5)8-2)97(134)111-77)112-96(133)80-46-37-55-118(80)99(136)89(86(69-40-26-21-27-41-69)70-42-28-22-29-43-70)116-94(131)78(59-72-62-102-64-105-72)113-98(135)88(67(6)120)115-93(130)76(49-50-85(125)126)109-83(123)57-65(3)4/h20-22,24-29,38-43,62-67,71,74-80,86-89,120H,7-19,23,30-37,44-61,100H2,1-6H3,(H2,101,127)(H,102,105)(H,103,121)(H,104,122)(H,107,128)(H,108,124)(H,109,123)(H,110,129)(H,111,134)(H,112,133)(H,113,135)(H,114,132)(H,115,130)(H,116,131)(H,125,126)/t66-,67+,71-,74+,75-,76-,77-,78-,79-,80-,87-,88-,89-/m0/s1. The lowest BCUT2D eigenvalue weighted by Gasteiger charge is -2.35. The van der Waals surface area contributed by atoms with Gasteiger partial charge in [-0.15, -0.1) is 5.10 Å². The van der Waals surface area contributed by atoms with E-state index in [1.54, 1.807) is 107 Å². The van der Waals surface area contributed by atoms with E-state index in [2.05, 4.69) is 91.0 Å². The number of nitrogens with zero attached hydrogens (tertiary/aromatic N) is 5. The first kappa shape index (κ1) is 111. The number of carboxylic acids is 1. The van der Waals surface area contributed by atoms with Crippen LogP contribution >= 0.6 is 0 Å². The predicted molar refractivity (Wildman–Crippen MR) is 512 cm³/mol. The Morgan fingerprint density at radius 1 is 0.529 bits per heavy atom. The Balaban J connectivity index is 1.04. The van der Waals surface area contributed by atoms with Crippen LogP contribution < -0.4 is 75.3 Å². The number of carbonyl (C=O) groups excluding carboxylic acids is 14. The van der Waals surface area contributed by atoms with Crippen LogP contribution in [0.3, 0.4) is 0 Å². The van der Waals surface area contributed by atoms with Gasteiger partial charge in [-0.2, -0.15) is 0 Å². The Morgan fingerprint density at radius 3 is 1.65 bits per heavy atom. The molecule has 1 saturated heterocycles. The van der Waals surface area contributed by atoms with Gasteiger partial charge in [-0.1, -0.05) is 221 Å². The van der Waals surface area contributed by atoms with Crippen LogP contribution in [-0.2, 0) is 97.7 Å². The van der Waals surface area contributed by atoms with E-state index in [9.17, 15) is 53.4 Å². The van der Waals surface area contributed by atoms with E-state index in [1.165, 1.54) is 99.4 Å². The number of aliphatic carboxylic acids is 1. The van der Waals surface area contributed by atoms with Gasteiger partial charge in [-0.3, -0.25) is 71.9 Å². The topological polar surface area (TPSA) is 556 Å². The molecule has 748 valence electrons. The third-order valence-electron chi connectivity index (χ3n) is 24.9. The third kappa shape index (κ3) is 39.7. The van der Waals surface area contributed by atoms with Crippen molar-refractivity contribution in [3.8, 4) is 0 Å². The summed E-state index contributed by atoms with van der Waals surface area (Å²) in [6.45, 7) is 11.5. The molecule has 3 aromatic carbocycles. The number of aliphatic hydroxyl groups is 1. The summed E-state index contributed by atoms with van der Waals surface area (Å²) in [7, 11) is 0. The van der Waals surface area contributed by atoms with Crippen LogP contribution in [-0.4, -0.2) is 227 Å². The highest BCUT2D eigenvalue weighted by atomic mass is 16.4. The number of likely N-dealkylation sites (tertiary alicyclic amines) is 1. The Labute approximate surface area is 799 Å². The molecule has 2 aliphatic heterocycles. The van der Waals surface area contributed by atoms with Crippen LogP contribution in [0, 0.1) is 11.8 Å². The number of aryl methyl sites for hydroxylation is 1. The van der Waals surface area contributed by atoms with Gasteiger partial charge in [0.05, 0.1) is 24.3 Å². The van der Waals surface area contributed by atoms with Crippen molar-refractivity contribution in [1.29, 1.82) is 0 Å². The Morgan fingerprint density at radius 2 is 1.07 bits per heavy atom. The van der Waals surface area contributed by atoms with Crippen molar-refractivity contribution >= 4 is 88.7 Å². The summed E-state index contributed by atoms with van der Waals surface area (Å²) in [4.78, 5) is 221. The average molecular weight is 1890 g/mol. The first-order valence-electron chi connectivity index (χ1n) is 49.2. The molecular weight excluding hydrogens is 1740 g/mol. The van der Waals surface area contributed by atoms with E-state index in [-0.39, 0.29) is 114 Å². The molecule has 14 amide bonds. The predicted octanol–water partition coefficient (Wildman–Crippen LogP) is 5.89. The minimum atomic E-state index is -1.80. The fraction of sp³-hybridized carbons (Fsp3) is 0.616. The normalized spacial score (nSPS) is 17.1. The number of hydrogen-bond acceptors (Lipinski definition) is 20. The molecule has 0 radical (unpaired) electrons. The highest BCUT2D eigenvalue weighted by molar-refractivity contribution is 6.00. The lowest BCUT2D eigenvalue weighted by atomic mass is 9.84. The van der Waals surface area contributed by atoms with Gasteiger partial charge >= 0.3 is 5.97 Å². The highest BCUT2D eigenvalue weighted by Gasteiger charge is 2.45. The molecule has 0 bridgehead atoms. The lowest BCUT2D eigenvalue weighted by Crippen LogP contribution is -2.62. The summed E-state index contributed by atoms with van der Waals surface area (Å²) in [6.07, 6.45) is 22.3. The molecule has 1 fully saturated rings. The number of hydrogen-bond donors (Lipinski definition) is 17. The maximum atomic E-state index is 16.1. The van der Waals surface area contributed by atoms with Crippen molar-refractivity contribution in [3.63, 3.8) is 0 Å². The van der Waals surface area contributed by atoms with Crippen LogP contribution in [0.2, 0.25) is 0 Å². The van der Waals surface area contributed by atoms with Crippen molar-refractivity contribution in [1.82, 2.24) is 93.7 Å². The largest absolute Gasteiger partial charge is 0.481 e.